The van der Waals surface area contributed by atoms with E-state index < -0.39 is 11.5 Å². The summed E-state index contributed by atoms with van der Waals surface area (Å²) in [4.78, 5) is 26.3. The molecule has 2 saturated heterocycles. The van der Waals surface area contributed by atoms with Crippen LogP contribution in [-0.4, -0.2) is 73.4 Å². The number of nitriles is 1. The summed E-state index contributed by atoms with van der Waals surface area (Å²) in [6.45, 7) is 5.52. The van der Waals surface area contributed by atoms with Gasteiger partial charge < -0.3 is 25.2 Å². The molecule has 3 atom stereocenters. The Labute approximate surface area is 264 Å². The number of hydrogen-bond acceptors (Lipinski definition) is 8. The Hall–Kier alpha value is -4.23. The second-order valence-electron chi connectivity index (χ2n) is 12.7. The molecule has 2 N–H and O–H groups in total. The van der Waals surface area contributed by atoms with Gasteiger partial charge in [0.2, 0.25) is 5.95 Å². The molecule has 45 heavy (non-hydrogen) atoms. The van der Waals surface area contributed by atoms with Gasteiger partial charge >= 0.3 is 6.09 Å². The van der Waals surface area contributed by atoms with Gasteiger partial charge in [0.05, 0.1) is 11.6 Å². The summed E-state index contributed by atoms with van der Waals surface area (Å²) in [5.74, 6) is 1.12. The van der Waals surface area contributed by atoms with Crippen molar-refractivity contribution in [2.24, 2.45) is 17.8 Å². The number of nitrogens with zero attached hydrogens (tertiary/aromatic N) is 5. The third kappa shape index (κ3) is 6.74. The van der Waals surface area contributed by atoms with Crippen molar-refractivity contribution in [3.8, 4) is 6.07 Å². The zero-order valence-corrected chi connectivity index (χ0v) is 25.9. The predicted octanol–water partition coefficient (Wildman–Crippen LogP) is 5.21. The molecule has 1 amide bonds. The lowest BCUT2D eigenvalue weighted by atomic mass is 9.58. The molecule has 0 unspecified atom stereocenters. The first-order valence-corrected chi connectivity index (χ1v) is 16.1. The van der Waals surface area contributed by atoms with E-state index in [9.17, 15) is 9.18 Å². The Morgan fingerprint density at radius 1 is 1.07 bits per heavy atom. The zero-order chi connectivity index (χ0) is 31.2. The number of amides is 1. The molecule has 9 nitrogen and oxygen atoms in total. The van der Waals surface area contributed by atoms with Crippen LogP contribution in [0, 0.1) is 34.9 Å². The molecule has 3 aliphatic rings. The molecule has 2 aromatic carbocycles. The van der Waals surface area contributed by atoms with Crippen LogP contribution in [0.2, 0.25) is 0 Å². The Balaban J connectivity index is 1.21. The van der Waals surface area contributed by atoms with Crippen molar-refractivity contribution < 1.29 is 13.9 Å². The minimum absolute atomic E-state index is 0.0111. The average Bonchev–Trinajstić information content (AvgIpc) is 3.52. The average molecular weight is 612 g/mol. The number of rotatable bonds is 10. The SMILES string of the molecule is CNC(=O)O[C@H]1CCC[C@@H]1[C@](CNc1ncccn1)(c1cccc(F)c1)C1CCN(CC2CN(c3ccc(C#N)cc3)C2)CC1. The summed E-state index contributed by atoms with van der Waals surface area (Å²) in [5.41, 5.74) is 2.30. The number of carbonyl (C=O) groups is 1. The van der Waals surface area contributed by atoms with E-state index in [2.05, 4.69) is 36.5 Å². The summed E-state index contributed by atoms with van der Waals surface area (Å²) in [6.07, 6.45) is 7.28. The first kappa shape index (κ1) is 30.8. The molecular formula is C35H42FN7O2. The molecular weight excluding hydrogens is 569 g/mol. The van der Waals surface area contributed by atoms with Gasteiger partial charge in [-0.2, -0.15) is 5.26 Å². The summed E-state index contributed by atoms with van der Waals surface area (Å²) < 4.78 is 20.9. The molecule has 3 aromatic rings. The van der Waals surface area contributed by atoms with Gasteiger partial charge in [-0.15, -0.1) is 0 Å². The third-order valence-corrected chi connectivity index (χ3v) is 10.2. The second-order valence-corrected chi connectivity index (χ2v) is 12.7. The number of ether oxygens (including phenoxy) is 1. The second kappa shape index (κ2) is 13.8. The predicted molar refractivity (Wildman–Crippen MR) is 171 cm³/mol. The maximum Gasteiger partial charge on any atom is 0.407 e. The number of aromatic nitrogens is 2. The number of likely N-dealkylation sites (tertiary alicyclic amines) is 1. The molecule has 0 bridgehead atoms. The van der Waals surface area contributed by atoms with Crippen LogP contribution in [0.25, 0.3) is 0 Å². The standard InChI is InChI=1S/C35H42FN7O2/c1-38-34(44)45-32-8-3-7-31(32)35(28-5-2-6-29(36)19-28,24-41-33-39-15-4-16-40-33)27-13-17-42(18-14-27)21-26-22-43(23-26)30-11-9-25(20-37)10-12-30/h2,4-6,9-12,15-16,19,26-27,31-32H,3,7-8,13-14,17-18,21-24H2,1H3,(H,38,44)(H,39,40,41)/t31-,32-,35-/m0/s1. The van der Waals surface area contributed by atoms with Crippen molar-refractivity contribution in [2.75, 3.05) is 56.5 Å². The minimum Gasteiger partial charge on any atom is -0.446 e. The molecule has 0 radical (unpaired) electrons. The Morgan fingerprint density at radius 2 is 1.82 bits per heavy atom. The van der Waals surface area contributed by atoms with Gasteiger partial charge in [0.25, 0.3) is 0 Å². The van der Waals surface area contributed by atoms with E-state index in [0.717, 1.165) is 70.4 Å². The highest BCUT2D eigenvalue weighted by atomic mass is 19.1. The van der Waals surface area contributed by atoms with Gasteiger partial charge in [-0.25, -0.2) is 19.2 Å². The van der Waals surface area contributed by atoms with Crippen LogP contribution in [0.3, 0.4) is 0 Å². The smallest absolute Gasteiger partial charge is 0.407 e. The largest absolute Gasteiger partial charge is 0.446 e. The lowest BCUT2D eigenvalue weighted by Crippen LogP contribution is -2.56. The van der Waals surface area contributed by atoms with Crippen molar-refractivity contribution in [1.82, 2.24) is 20.2 Å². The number of benzene rings is 2. The number of alkyl carbamates (subject to hydrolysis) is 1. The van der Waals surface area contributed by atoms with Crippen molar-refractivity contribution in [2.45, 2.75) is 43.6 Å². The molecule has 2 aliphatic heterocycles. The van der Waals surface area contributed by atoms with E-state index in [1.807, 2.05) is 30.3 Å². The molecule has 6 rings (SSSR count). The summed E-state index contributed by atoms with van der Waals surface area (Å²) in [5, 5.41) is 15.2. The van der Waals surface area contributed by atoms with E-state index in [1.165, 1.54) is 11.8 Å². The first-order valence-electron chi connectivity index (χ1n) is 16.1. The van der Waals surface area contributed by atoms with Crippen LogP contribution in [0.15, 0.2) is 67.0 Å². The van der Waals surface area contributed by atoms with Crippen LogP contribution >= 0.6 is 0 Å². The topological polar surface area (TPSA) is 106 Å². The Morgan fingerprint density at radius 3 is 2.51 bits per heavy atom. The fourth-order valence-electron chi connectivity index (χ4n) is 8.02. The van der Waals surface area contributed by atoms with Crippen molar-refractivity contribution in [3.05, 3.63) is 83.9 Å². The van der Waals surface area contributed by atoms with Gasteiger partial charge in [-0.3, -0.25) is 0 Å². The maximum absolute atomic E-state index is 15.0. The van der Waals surface area contributed by atoms with E-state index in [1.54, 1.807) is 37.6 Å². The van der Waals surface area contributed by atoms with Gasteiger partial charge in [0.1, 0.15) is 11.9 Å². The van der Waals surface area contributed by atoms with Gasteiger partial charge in [-0.05, 0) is 99.1 Å². The van der Waals surface area contributed by atoms with E-state index in [4.69, 9.17) is 10.00 Å². The van der Waals surface area contributed by atoms with Crippen LogP contribution in [-0.2, 0) is 10.2 Å². The quantitative estimate of drug-likeness (QED) is 0.322. The van der Waals surface area contributed by atoms with Crippen LogP contribution < -0.4 is 15.5 Å². The number of hydrogen-bond donors (Lipinski definition) is 2. The summed E-state index contributed by atoms with van der Waals surface area (Å²) in [6, 6.07) is 18.8. The first-order chi connectivity index (χ1) is 22.0. The van der Waals surface area contributed by atoms with Crippen LogP contribution in [0.1, 0.15) is 43.2 Å². The summed E-state index contributed by atoms with van der Waals surface area (Å²) >= 11 is 0. The lowest BCUT2D eigenvalue weighted by Gasteiger charge is -2.51. The third-order valence-electron chi connectivity index (χ3n) is 10.2. The molecule has 236 valence electrons. The Kier molecular flexibility index (Phi) is 9.45. The number of piperidine rings is 1. The molecule has 0 spiro atoms. The molecule has 3 heterocycles. The molecule has 1 aromatic heterocycles. The monoisotopic (exact) mass is 611 g/mol. The molecule has 3 fully saturated rings. The fourth-order valence-corrected chi connectivity index (χ4v) is 8.02. The number of halogens is 1. The van der Waals surface area contributed by atoms with E-state index >= 15 is 0 Å². The van der Waals surface area contributed by atoms with Crippen molar-refractivity contribution in [3.63, 3.8) is 0 Å². The normalized spacial score (nSPS) is 22.2. The van der Waals surface area contributed by atoms with Gasteiger partial charge in [0, 0.05) is 68.6 Å². The highest BCUT2D eigenvalue weighted by Crippen LogP contribution is 2.51. The number of nitrogens with one attached hydrogen (secondary N) is 2. The maximum atomic E-state index is 15.0. The highest BCUT2D eigenvalue weighted by molar-refractivity contribution is 5.67. The summed E-state index contributed by atoms with van der Waals surface area (Å²) in [7, 11) is 1.59. The van der Waals surface area contributed by atoms with Crippen LogP contribution in [0.5, 0.6) is 0 Å². The molecule has 1 aliphatic carbocycles. The van der Waals surface area contributed by atoms with Crippen molar-refractivity contribution in [1.29, 1.82) is 5.26 Å². The van der Waals surface area contributed by atoms with E-state index in [0.29, 0.717) is 24.0 Å². The zero-order valence-electron chi connectivity index (χ0n) is 25.9. The number of carbonyl (C=O) groups excluding carboxylic acids is 1. The van der Waals surface area contributed by atoms with Gasteiger partial charge in [0.15, 0.2) is 0 Å². The molecule has 10 heteroatoms. The highest BCUT2D eigenvalue weighted by Gasteiger charge is 2.53. The lowest BCUT2D eigenvalue weighted by molar-refractivity contribution is 0.0148. The van der Waals surface area contributed by atoms with E-state index in [-0.39, 0.29) is 23.8 Å². The van der Waals surface area contributed by atoms with Crippen molar-refractivity contribution >= 4 is 17.7 Å². The Bertz CT molecular complexity index is 1470. The fraction of sp³-hybridized carbons (Fsp3) is 0.486. The van der Waals surface area contributed by atoms with Gasteiger partial charge in [-0.1, -0.05) is 12.1 Å². The minimum atomic E-state index is -0.495. The number of anilines is 2. The molecule has 1 saturated carbocycles. The van der Waals surface area contributed by atoms with Crippen LogP contribution in [0.4, 0.5) is 20.8 Å².